The molecule has 0 saturated carbocycles. The van der Waals surface area contributed by atoms with Crippen LogP contribution >= 0.6 is 0 Å². The third-order valence-electron chi connectivity index (χ3n) is 5.13. The highest BCUT2D eigenvalue weighted by atomic mass is 16.4. The molecule has 7 nitrogen and oxygen atoms in total. The molecule has 0 N–H and O–H groups in total. The van der Waals surface area contributed by atoms with Crippen LogP contribution in [0.1, 0.15) is 38.6 Å². The molecule has 1 aliphatic heterocycles. The molecule has 1 aromatic carbocycles. The van der Waals surface area contributed by atoms with Crippen LogP contribution in [0.25, 0.3) is 11.1 Å². The first-order chi connectivity index (χ1) is 13.0. The van der Waals surface area contributed by atoms with Crippen molar-refractivity contribution in [3.8, 4) is 0 Å². The number of benzene rings is 1. The number of carbonyl (C=O) groups excluding carboxylic acids is 1. The molecule has 7 heteroatoms. The Morgan fingerprint density at radius 3 is 2.56 bits per heavy atom. The van der Waals surface area contributed by atoms with Gasteiger partial charge in [0.2, 0.25) is 5.91 Å². The van der Waals surface area contributed by atoms with Gasteiger partial charge < -0.3 is 18.8 Å². The molecule has 3 heterocycles. The fourth-order valence-corrected chi connectivity index (χ4v) is 3.60. The lowest BCUT2D eigenvalue weighted by molar-refractivity contribution is -0.134. The third-order valence-corrected chi connectivity index (χ3v) is 5.13. The number of para-hydroxylation sites is 2. The molecule has 142 valence electrons. The van der Waals surface area contributed by atoms with Gasteiger partial charge in [0, 0.05) is 44.5 Å². The highest BCUT2D eigenvalue weighted by molar-refractivity contribution is 5.80. The highest BCUT2D eigenvalue weighted by Crippen LogP contribution is 2.24. The molecule has 0 radical (unpaired) electrons. The topological polar surface area (TPSA) is 67.4 Å². The van der Waals surface area contributed by atoms with E-state index in [0.717, 1.165) is 16.9 Å². The summed E-state index contributed by atoms with van der Waals surface area (Å²) in [5.74, 6) is 1.36. The maximum atomic E-state index is 13.0. The Hall–Kier alpha value is -2.83. The van der Waals surface area contributed by atoms with E-state index in [2.05, 4.69) is 28.7 Å². The van der Waals surface area contributed by atoms with E-state index in [1.165, 1.54) is 0 Å². The number of amides is 1. The van der Waals surface area contributed by atoms with Gasteiger partial charge in [-0.05, 0) is 19.1 Å². The minimum absolute atomic E-state index is 0.132. The summed E-state index contributed by atoms with van der Waals surface area (Å²) in [6, 6.07) is 8.14. The van der Waals surface area contributed by atoms with Crippen LogP contribution in [-0.4, -0.2) is 51.5 Å². The Morgan fingerprint density at radius 2 is 1.85 bits per heavy atom. The number of hydrogen-bond acceptors (Lipinski definition) is 5. The Bertz CT molecular complexity index is 904. The minimum Gasteiger partial charge on any atom is -0.423 e. The number of piperazine rings is 1. The zero-order chi connectivity index (χ0) is 19.0. The first kappa shape index (κ1) is 17.6. The molecule has 1 atom stereocenters. The fourth-order valence-electron chi connectivity index (χ4n) is 3.60. The van der Waals surface area contributed by atoms with Crippen molar-refractivity contribution in [3.63, 3.8) is 0 Å². The van der Waals surface area contributed by atoms with Crippen molar-refractivity contribution in [2.24, 2.45) is 0 Å². The van der Waals surface area contributed by atoms with Gasteiger partial charge in [-0.1, -0.05) is 26.0 Å². The fraction of sp³-hybridized carbons (Fsp3) is 0.450. The van der Waals surface area contributed by atoms with E-state index in [1.54, 1.807) is 6.20 Å². The molecular weight excluding hydrogens is 342 g/mol. The highest BCUT2D eigenvalue weighted by Gasteiger charge is 2.28. The van der Waals surface area contributed by atoms with Crippen LogP contribution in [0.15, 0.2) is 41.1 Å². The van der Waals surface area contributed by atoms with Gasteiger partial charge in [0.25, 0.3) is 6.01 Å². The van der Waals surface area contributed by atoms with Crippen molar-refractivity contribution in [1.29, 1.82) is 0 Å². The van der Waals surface area contributed by atoms with E-state index >= 15 is 0 Å². The number of hydrogen-bond donors (Lipinski definition) is 0. The van der Waals surface area contributed by atoms with Crippen molar-refractivity contribution in [2.45, 2.75) is 32.7 Å². The predicted molar refractivity (Wildman–Crippen MR) is 104 cm³/mol. The van der Waals surface area contributed by atoms with Gasteiger partial charge in [-0.2, -0.15) is 4.98 Å². The van der Waals surface area contributed by atoms with Crippen LogP contribution in [0.2, 0.25) is 0 Å². The maximum absolute atomic E-state index is 13.0. The van der Waals surface area contributed by atoms with E-state index in [9.17, 15) is 4.79 Å². The molecule has 0 unspecified atom stereocenters. The molecule has 0 spiro atoms. The van der Waals surface area contributed by atoms with Crippen LogP contribution in [0, 0.1) is 0 Å². The van der Waals surface area contributed by atoms with Gasteiger partial charge >= 0.3 is 0 Å². The standard InChI is InChI=1S/C20H25N5O2/c1-14(2)18-21-8-9-25(18)15(3)19(26)23-10-12-24(13-11-23)20-22-16-6-4-5-7-17(16)27-20/h4-9,14-15H,10-13H2,1-3H3/t15-/m1/s1. The number of aromatic nitrogens is 3. The molecule has 27 heavy (non-hydrogen) atoms. The van der Waals surface area contributed by atoms with Crippen molar-refractivity contribution in [2.75, 3.05) is 31.1 Å². The molecule has 1 amide bonds. The SMILES string of the molecule is CC(C)c1nccn1[C@H](C)C(=O)N1CCN(c2nc3ccccc3o2)CC1. The van der Waals surface area contributed by atoms with Crippen LogP contribution in [-0.2, 0) is 4.79 Å². The van der Waals surface area contributed by atoms with Crippen LogP contribution in [0.5, 0.6) is 0 Å². The lowest BCUT2D eigenvalue weighted by Crippen LogP contribution is -2.50. The maximum Gasteiger partial charge on any atom is 0.298 e. The molecule has 1 fully saturated rings. The first-order valence-corrected chi connectivity index (χ1v) is 9.46. The summed E-state index contributed by atoms with van der Waals surface area (Å²) in [4.78, 5) is 26.0. The normalized spacial score (nSPS) is 16.3. The van der Waals surface area contributed by atoms with E-state index in [1.807, 2.05) is 46.9 Å². The number of anilines is 1. The lowest BCUT2D eigenvalue weighted by atomic mass is 10.2. The molecule has 2 aromatic heterocycles. The Balaban J connectivity index is 1.42. The molecule has 1 saturated heterocycles. The number of fused-ring (bicyclic) bond motifs is 1. The van der Waals surface area contributed by atoms with Crippen molar-refractivity contribution in [1.82, 2.24) is 19.4 Å². The smallest absolute Gasteiger partial charge is 0.298 e. The summed E-state index contributed by atoms with van der Waals surface area (Å²) in [5.41, 5.74) is 1.65. The first-order valence-electron chi connectivity index (χ1n) is 9.46. The Kier molecular flexibility index (Phi) is 4.59. The third kappa shape index (κ3) is 3.29. The van der Waals surface area contributed by atoms with E-state index in [4.69, 9.17) is 4.42 Å². The van der Waals surface area contributed by atoms with E-state index in [-0.39, 0.29) is 17.9 Å². The van der Waals surface area contributed by atoms with Crippen molar-refractivity contribution < 1.29 is 9.21 Å². The number of oxazole rings is 1. The van der Waals surface area contributed by atoms with Gasteiger partial charge in [-0.3, -0.25) is 4.79 Å². The zero-order valence-electron chi connectivity index (χ0n) is 16.0. The average Bonchev–Trinajstić information content (AvgIpc) is 3.34. The number of nitrogens with zero attached hydrogens (tertiary/aromatic N) is 5. The van der Waals surface area contributed by atoms with Crippen LogP contribution in [0.3, 0.4) is 0 Å². The second-order valence-electron chi connectivity index (χ2n) is 7.30. The Labute approximate surface area is 158 Å². The lowest BCUT2D eigenvalue weighted by Gasteiger charge is -2.35. The summed E-state index contributed by atoms with van der Waals surface area (Å²) < 4.78 is 7.84. The van der Waals surface area contributed by atoms with Gasteiger partial charge in [0.05, 0.1) is 0 Å². The van der Waals surface area contributed by atoms with E-state index in [0.29, 0.717) is 32.2 Å². The molecule has 4 rings (SSSR count). The van der Waals surface area contributed by atoms with Gasteiger partial charge in [-0.25, -0.2) is 4.98 Å². The minimum atomic E-state index is -0.249. The summed E-state index contributed by atoms with van der Waals surface area (Å²) in [6.45, 7) is 8.88. The second-order valence-corrected chi connectivity index (χ2v) is 7.30. The Morgan fingerprint density at radius 1 is 1.11 bits per heavy atom. The monoisotopic (exact) mass is 367 g/mol. The largest absolute Gasteiger partial charge is 0.423 e. The number of carbonyl (C=O) groups is 1. The number of rotatable bonds is 4. The van der Waals surface area contributed by atoms with Crippen LogP contribution in [0.4, 0.5) is 6.01 Å². The molecular formula is C20H25N5O2. The van der Waals surface area contributed by atoms with Gasteiger partial charge in [0.15, 0.2) is 5.58 Å². The molecule has 3 aromatic rings. The predicted octanol–water partition coefficient (Wildman–Crippen LogP) is 3.06. The quantitative estimate of drug-likeness (QED) is 0.709. The molecule has 1 aliphatic rings. The van der Waals surface area contributed by atoms with Crippen molar-refractivity contribution in [3.05, 3.63) is 42.5 Å². The average molecular weight is 367 g/mol. The van der Waals surface area contributed by atoms with Gasteiger partial charge in [0.1, 0.15) is 17.4 Å². The molecule has 0 bridgehead atoms. The summed E-state index contributed by atoms with van der Waals surface area (Å²) in [7, 11) is 0. The summed E-state index contributed by atoms with van der Waals surface area (Å²) in [5, 5.41) is 0. The van der Waals surface area contributed by atoms with E-state index < -0.39 is 0 Å². The molecule has 0 aliphatic carbocycles. The number of imidazole rings is 1. The van der Waals surface area contributed by atoms with Gasteiger partial charge in [-0.15, -0.1) is 0 Å². The summed E-state index contributed by atoms with van der Waals surface area (Å²) in [6.07, 6.45) is 3.66. The van der Waals surface area contributed by atoms with Crippen LogP contribution < -0.4 is 4.90 Å². The summed E-state index contributed by atoms with van der Waals surface area (Å²) >= 11 is 0. The zero-order valence-corrected chi connectivity index (χ0v) is 16.0. The second kappa shape index (κ2) is 7.06. The van der Waals surface area contributed by atoms with Crippen molar-refractivity contribution >= 4 is 23.0 Å².